The lowest BCUT2D eigenvalue weighted by Gasteiger charge is -2.15. The van der Waals surface area contributed by atoms with E-state index in [1.54, 1.807) is 37.7 Å². The van der Waals surface area contributed by atoms with Crippen molar-refractivity contribution in [3.05, 3.63) is 66.2 Å². The Kier molecular flexibility index (Phi) is 5.29. The Morgan fingerprint density at radius 3 is 2.76 bits per heavy atom. The first-order chi connectivity index (χ1) is 14.2. The van der Waals surface area contributed by atoms with Gasteiger partial charge < -0.3 is 19.5 Å². The van der Waals surface area contributed by atoms with Crippen molar-refractivity contribution in [3.8, 4) is 28.4 Å². The van der Waals surface area contributed by atoms with Crippen LogP contribution in [0.5, 0.6) is 17.2 Å². The van der Waals surface area contributed by atoms with Crippen LogP contribution in [0.25, 0.3) is 11.1 Å². The van der Waals surface area contributed by atoms with Gasteiger partial charge in [-0.05, 0) is 23.8 Å². The molecule has 0 radical (unpaired) electrons. The molecule has 1 amide bonds. The van der Waals surface area contributed by atoms with E-state index in [9.17, 15) is 4.79 Å². The zero-order valence-corrected chi connectivity index (χ0v) is 16.2. The molecule has 148 valence electrons. The Morgan fingerprint density at radius 1 is 1.17 bits per heavy atom. The molecule has 0 saturated carbocycles. The molecule has 7 heteroatoms. The number of carbonyl (C=O) groups excluding carboxylic acids is 1. The molecule has 2 heterocycles. The monoisotopic (exact) mass is 391 g/mol. The maximum Gasteiger partial charge on any atom is 0.255 e. The number of methoxy groups -OCH3 is 2. The molecule has 0 fully saturated rings. The molecule has 0 saturated heterocycles. The predicted octanol–water partition coefficient (Wildman–Crippen LogP) is 2.89. The van der Waals surface area contributed by atoms with E-state index < -0.39 is 0 Å². The van der Waals surface area contributed by atoms with Gasteiger partial charge in [-0.15, -0.1) is 0 Å². The van der Waals surface area contributed by atoms with E-state index in [1.807, 2.05) is 18.2 Å². The van der Waals surface area contributed by atoms with Gasteiger partial charge in [0.05, 0.1) is 26.3 Å². The molecule has 1 atom stereocenters. The SMILES string of the molecule is COc1ccc(OC)c(C(=O)NC[C@@H]2Cc3cccc(-c4cncnc4)c3O2)c1. The molecule has 29 heavy (non-hydrogen) atoms. The van der Waals surface area contributed by atoms with Crippen LogP contribution in [0.2, 0.25) is 0 Å². The number of fused-ring (bicyclic) bond motifs is 1. The maximum atomic E-state index is 12.7. The number of benzene rings is 2. The largest absolute Gasteiger partial charge is 0.497 e. The molecule has 1 aromatic heterocycles. The van der Waals surface area contributed by atoms with Crippen molar-refractivity contribution in [2.24, 2.45) is 0 Å². The van der Waals surface area contributed by atoms with E-state index in [2.05, 4.69) is 15.3 Å². The summed E-state index contributed by atoms with van der Waals surface area (Å²) >= 11 is 0. The Morgan fingerprint density at radius 2 is 2.00 bits per heavy atom. The molecule has 7 nitrogen and oxygen atoms in total. The molecule has 2 aromatic carbocycles. The van der Waals surface area contributed by atoms with Crippen LogP contribution in [0, 0.1) is 0 Å². The molecule has 4 rings (SSSR count). The normalized spacial score (nSPS) is 14.6. The summed E-state index contributed by atoms with van der Waals surface area (Å²) in [6.45, 7) is 0.374. The Labute approximate surface area is 168 Å². The number of ether oxygens (including phenoxy) is 3. The number of para-hydroxylation sites is 1. The number of hydrogen-bond donors (Lipinski definition) is 1. The van der Waals surface area contributed by atoms with Gasteiger partial charge >= 0.3 is 0 Å². The lowest BCUT2D eigenvalue weighted by atomic mass is 10.0. The zero-order chi connectivity index (χ0) is 20.2. The van der Waals surface area contributed by atoms with E-state index in [-0.39, 0.29) is 12.0 Å². The maximum absolute atomic E-state index is 12.7. The third-order valence-corrected chi connectivity index (χ3v) is 4.84. The quantitative estimate of drug-likeness (QED) is 0.696. The van der Waals surface area contributed by atoms with E-state index >= 15 is 0 Å². The lowest BCUT2D eigenvalue weighted by Crippen LogP contribution is -2.34. The van der Waals surface area contributed by atoms with Crippen LogP contribution >= 0.6 is 0 Å². The average molecular weight is 391 g/mol. The summed E-state index contributed by atoms with van der Waals surface area (Å²) in [6, 6.07) is 11.1. The Balaban J connectivity index is 1.46. The highest BCUT2D eigenvalue weighted by Gasteiger charge is 2.26. The lowest BCUT2D eigenvalue weighted by molar-refractivity contribution is 0.0930. The minimum absolute atomic E-state index is 0.156. The van der Waals surface area contributed by atoms with Crippen LogP contribution in [0.1, 0.15) is 15.9 Å². The van der Waals surface area contributed by atoms with Crippen molar-refractivity contribution >= 4 is 5.91 Å². The van der Waals surface area contributed by atoms with Crippen LogP contribution in [0.15, 0.2) is 55.1 Å². The number of hydrogen-bond acceptors (Lipinski definition) is 6. The summed E-state index contributed by atoms with van der Waals surface area (Å²) in [5.41, 5.74) is 3.37. The van der Waals surface area contributed by atoms with Crippen LogP contribution in [0.4, 0.5) is 0 Å². The standard InChI is InChI=1S/C22H21N3O4/c1-27-16-6-7-20(28-2)19(9-16)22(26)25-12-17-8-14-4-3-5-18(21(14)29-17)15-10-23-13-24-11-15/h3-7,9-11,13,17H,8,12H2,1-2H3,(H,25,26)/t17-/m0/s1. The molecule has 0 aliphatic carbocycles. The van der Waals surface area contributed by atoms with Crippen molar-refractivity contribution in [1.29, 1.82) is 0 Å². The predicted molar refractivity (Wildman–Crippen MR) is 107 cm³/mol. The Bertz CT molecular complexity index is 1020. The van der Waals surface area contributed by atoms with Crippen molar-refractivity contribution in [3.63, 3.8) is 0 Å². The van der Waals surface area contributed by atoms with Crippen molar-refractivity contribution in [1.82, 2.24) is 15.3 Å². The molecule has 1 N–H and O–H groups in total. The molecule has 0 spiro atoms. The summed E-state index contributed by atoms with van der Waals surface area (Å²) in [5, 5.41) is 2.94. The molecular weight excluding hydrogens is 370 g/mol. The molecule has 1 aliphatic rings. The number of carbonyl (C=O) groups is 1. The topological polar surface area (TPSA) is 82.6 Å². The molecule has 0 bridgehead atoms. The van der Waals surface area contributed by atoms with Crippen LogP contribution in [-0.2, 0) is 6.42 Å². The first-order valence-corrected chi connectivity index (χ1v) is 9.23. The van der Waals surface area contributed by atoms with Gasteiger partial charge in [0, 0.05) is 29.9 Å². The third-order valence-electron chi connectivity index (χ3n) is 4.84. The average Bonchev–Trinajstić information content (AvgIpc) is 3.20. The fourth-order valence-corrected chi connectivity index (χ4v) is 3.41. The molecule has 0 unspecified atom stereocenters. The second kappa shape index (κ2) is 8.18. The number of nitrogens with one attached hydrogen (secondary N) is 1. The Hall–Kier alpha value is -3.61. The van der Waals surface area contributed by atoms with E-state index in [0.717, 1.165) is 22.4 Å². The second-order valence-electron chi connectivity index (χ2n) is 6.64. The van der Waals surface area contributed by atoms with Gasteiger partial charge in [-0.3, -0.25) is 4.79 Å². The summed E-state index contributed by atoms with van der Waals surface area (Å²) in [7, 11) is 3.09. The second-order valence-corrected chi connectivity index (χ2v) is 6.64. The first kappa shape index (κ1) is 18.7. The van der Waals surface area contributed by atoms with Gasteiger partial charge in [0.15, 0.2) is 0 Å². The van der Waals surface area contributed by atoms with Crippen molar-refractivity contribution in [2.45, 2.75) is 12.5 Å². The van der Waals surface area contributed by atoms with Gasteiger partial charge in [-0.1, -0.05) is 18.2 Å². The first-order valence-electron chi connectivity index (χ1n) is 9.23. The number of aromatic nitrogens is 2. The summed E-state index contributed by atoms with van der Waals surface area (Å²) < 4.78 is 16.7. The summed E-state index contributed by atoms with van der Waals surface area (Å²) in [4.78, 5) is 20.9. The van der Waals surface area contributed by atoms with Crippen molar-refractivity contribution < 1.29 is 19.0 Å². The highest BCUT2D eigenvalue weighted by molar-refractivity contribution is 5.97. The van der Waals surface area contributed by atoms with Gasteiger partial charge in [0.1, 0.15) is 29.7 Å². The number of nitrogens with zero attached hydrogens (tertiary/aromatic N) is 2. The minimum Gasteiger partial charge on any atom is -0.497 e. The van der Waals surface area contributed by atoms with Crippen LogP contribution < -0.4 is 19.5 Å². The fourth-order valence-electron chi connectivity index (χ4n) is 3.41. The van der Waals surface area contributed by atoms with E-state index in [1.165, 1.54) is 13.4 Å². The van der Waals surface area contributed by atoms with Gasteiger partial charge in [0.25, 0.3) is 5.91 Å². The minimum atomic E-state index is -0.239. The van der Waals surface area contributed by atoms with Crippen LogP contribution in [-0.4, -0.2) is 42.7 Å². The van der Waals surface area contributed by atoms with E-state index in [0.29, 0.717) is 30.0 Å². The smallest absolute Gasteiger partial charge is 0.255 e. The zero-order valence-electron chi connectivity index (χ0n) is 16.2. The number of rotatable bonds is 6. The highest BCUT2D eigenvalue weighted by atomic mass is 16.5. The molecule has 3 aromatic rings. The molecule has 1 aliphatic heterocycles. The van der Waals surface area contributed by atoms with Crippen LogP contribution in [0.3, 0.4) is 0 Å². The summed E-state index contributed by atoms with van der Waals surface area (Å²) in [6.07, 6.45) is 5.58. The summed E-state index contributed by atoms with van der Waals surface area (Å²) in [5.74, 6) is 1.66. The number of amides is 1. The third kappa shape index (κ3) is 3.85. The van der Waals surface area contributed by atoms with Gasteiger partial charge in [0.2, 0.25) is 0 Å². The highest BCUT2D eigenvalue weighted by Crippen LogP contribution is 2.38. The molecular formula is C22H21N3O4. The fraction of sp³-hybridized carbons (Fsp3) is 0.227. The van der Waals surface area contributed by atoms with Crippen molar-refractivity contribution in [2.75, 3.05) is 20.8 Å². The van der Waals surface area contributed by atoms with Gasteiger partial charge in [-0.25, -0.2) is 9.97 Å². The van der Waals surface area contributed by atoms with Gasteiger partial charge in [-0.2, -0.15) is 0 Å². The van der Waals surface area contributed by atoms with E-state index in [4.69, 9.17) is 14.2 Å².